The lowest BCUT2D eigenvalue weighted by molar-refractivity contribution is -0.125. The molecule has 102 valence electrons. The largest absolute Gasteiger partial charge is 0.359 e. The summed E-state index contributed by atoms with van der Waals surface area (Å²) in [6, 6.07) is 9.20. The van der Waals surface area contributed by atoms with Gasteiger partial charge in [0.1, 0.15) is 0 Å². The van der Waals surface area contributed by atoms with E-state index < -0.39 is 0 Å². The number of para-hydroxylation sites is 1. The van der Waals surface area contributed by atoms with Crippen LogP contribution in [0.2, 0.25) is 0 Å². The summed E-state index contributed by atoms with van der Waals surface area (Å²) < 4.78 is 0. The van der Waals surface area contributed by atoms with E-state index in [0.29, 0.717) is 13.1 Å². The Morgan fingerprint density at radius 3 is 2.68 bits per heavy atom. The van der Waals surface area contributed by atoms with Gasteiger partial charge in [0, 0.05) is 25.8 Å². The molecule has 2 N–H and O–H groups in total. The van der Waals surface area contributed by atoms with Crippen molar-refractivity contribution in [2.45, 2.75) is 12.8 Å². The monoisotopic (exact) mass is 261 g/mol. The summed E-state index contributed by atoms with van der Waals surface area (Å²) in [5.41, 5.74) is 0.773. The van der Waals surface area contributed by atoms with Crippen molar-refractivity contribution in [2.75, 3.05) is 25.5 Å². The van der Waals surface area contributed by atoms with Gasteiger partial charge in [-0.25, -0.2) is 4.79 Å². The number of piperidine rings is 1. The maximum absolute atomic E-state index is 12.1. The molecule has 0 radical (unpaired) electrons. The van der Waals surface area contributed by atoms with E-state index in [9.17, 15) is 9.59 Å². The highest BCUT2D eigenvalue weighted by Crippen LogP contribution is 2.17. The number of likely N-dealkylation sites (tertiary alicyclic amines) is 1. The fraction of sp³-hybridized carbons (Fsp3) is 0.429. The predicted octanol–water partition coefficient (Wildman–Crippen LogP) is 1.68. The summed E-state index contributed by atoms with van der Waals surface area (Å²) in [5.74, 6) is -0.0857. The Labute approximate surface area is 113 Å². The molecule has 1 aromatic rings. The lowest BCUT2D eigenvalue weighted by Gasteiger charge is -2.31. The van der Waals surface area contributed by atoms with Crippen LogP contribution < -0.4 is 10.6 Å². The van der Waals surface area contributed by atoms with Crippen molar-refractivity contribution in [3.8, 4) is 0 Å². The molecule has 0 saturated carbocycles. The Bertz CT molecular complexity index is 447. The highest BCUT2D eigenvalue weighted by molar-refractivity contribution is 5.90. The Morgan fingerprint density at radius 1 is 1.26 bits per heavy atom. The van der Waals surface area contributed by atoms with Crippen LogP contribution in [0.5, 0.6) is 0 Å². The van der Waals surface area contributed by atoms with Gasteiger partial charge >= 0.3 is 6.03 Å². The van der Waals surface area contributed by atoms with Crippen LogP contribution in [0.4, 0.5) is 10.5 Å². The third kappa shape index (κ3) is 3.47. The Morgan fingerprint density at radius 2 is 2.00 bits per heavy atom. The average Bonchev–Trinajstić information content (AvgIpc) is 2.47. The van der Waals surface area contributed by atoms with Gasteiger partial charge in [-0.15, -0.1) is 0 Å². The van der Waals surface area contributed by atoms with Crippen LogP contribution in [0.1, 0.15) is 12.8 Å². The molecule has 19 heavy (non-hydrogen) atoms. The number of anilines is 1. The number of amides is 3. The van der Waals surface area contributed by atoms with Crippen LogP contribution in [0.25, 0.3) is 0 Å². The van der Waals surface area contributed by atoms with Gasteiger partial charge in [-0.05, 0) is 25.0 Å². The molecular weight excluding hydrogens is 242 g/mol. The second kappa shape index (κ2) is 6.22. The fourth-order valence-corrected chi connectivity index (χ4v) is 2.30. The van der Waals surface area contributed by atoms with Crippen molar-refractivity contribution in [1.82, 2.24) is 10.2 Å². The smallest absolute Gasteiger partial charge is 0.321 e. The van der Waals surface area contributed by atoms with E-state index in [1.165, 1.54) is 0 Å². The van der Waals surface area contributed by atoms with Gasteiger partial charge in [-0.2, -0.15) is 0 Å². The van der Waals surface area contributed by atoms with Gasteiger partial charge in [-0.3, -0.25) is 4.79 Å². The third-order valence-electron chi connectivity index (χ3n) is 3.35. The van der Waals surface area contributed by atoms with Gasteiger partial charge in [0.15, 0.2) is 0 Å². The number of urea groups is 1. The van der Waals surface area contributed by atoms with Crippen molar-refractivity contribution < 1.29 is 9.59 Å². The molecule has 0 spiro atoms. The lowest BCUT2D eigenvalue weighted by atomic mass is 9.97. The van der Waals surface area contributed by atoms with E-state index in [2.05, 4.69) is 10.6 Å². The third-order valence-corrected chi connectivity index (χ3v) is 3.35. The molecule has 1 aliphatic rings. The molecule has 1 heterocycles. The minimum Gasteiger partial charge on any atom is -0.359 e. The number of carbonyl (C=O) groups is 2. The molecule has 5 nitrogen and oxygen atoms in total. The van der Waals surface area contributed by atoms with Crippen LogP contribution in [0.3, 0.4) is 0 Å². The van der Waals surface area contributed by atoms with Gasteiger partial charge in [-0.1, -0.05) is 18.2 Å². The van der Waals surface area contributed by atoms with E-state index in [-0.39, 0.29) is 17.9 Å². The van der Waals surface area contributed by atoms with Crippen LogP contribution in [-0.2, 0) is 4.79 Å². The Kier molecular flexibility index (Phi) is 4.39. The molecule has 5 heteroatoms. The van der Waals surface area contributed by atoms with Crippen molar-refractivity contribution >= 4 is 17.6 Å². The number of hydrogen-bond donors (Lipinski definition) is 2. The molecule has 2 rings (SSSR count). The molecule has 1 fully saturated rings. The zero-order valence-corrected chi connectivity index (χ0v) is 11.1. The summed E-state index contributed by atoms with van der Waals surface area (Å²) in [4.78, 5) is 25.4. The minimum atomic E-state index is -0.139. The topological polar surface area (TPSA) is 61.4 Å². The summed E-state index contributed by atoms with van der Waals surface area (Å²) in [6.45, 7) is 1.19. The van der Waals surface area contributed by atoms with Crippen molar-refractivity contribution in [3.63, 3.8) is 0 Å². The number of rotatable bonds is 2. The molecule has 3 amide bonds. The molecule has 1 unspecified atom stereocenters. The molecule has 0 aliphatic carbocycles. The number of benzene rings is 1. The highest BCUT2D eigenvalue weighted by Gasteiger charge is 2.27. The molecule has 0 aromatic heterocycles. The van der Waals surface area contributed by atoms with Crippen molar-refractivity contribution in [3.05, 3.63) is 30.3 Å². The standard InChI is InChI=1S/C14H19N3O2/c1-15-13(18)11-6-5-9-17(10-11)14(19)16-12-7-3-2-4-8-12/h2-4,7-8,11H,5-6,9-10H2,1H3,(H,15,18)(H,16,19). The first kappa shape index (κ1) is 13.4. The van der Waals surface area contributed by atoms with E-state index in [1.54, 1.807) is 11.9 Å². The quantitative estimate of drug-likeness (QED) is 0.850. The number of carbonyl (C=O) groups excluding carboxylic acids is 2. The Balaban J connectivity index is 1.94. The molecule has 1 aromatic carbocycles. The van der Waals surface area contributed by atoms with E-state index in [4.69, 9.17) is 0 Å². The van der Waals surface area contributed by atoms with Crippen LogP contribution >= 0.6 is 0 Å². The second-order valence-corrected chi connectivity index (χ2v) is 4.70. The summed E-state index contributed by atoms with van der Waals surface area (Å²) >= 11 is 0. The summed E-state index contributed by atoms with van der Waals surface area (Å²) in [5, 5.41) is 5.49. The second-order valence-electron chi connectivity index (χ2n) is 4.70. The fourth-order valence-electron chi connectivity index (χ4n) is 2.30. The van der Waals surface area contributed by atoms with Crippen LogP contribution in [0, 0.1) is 5.92 Å². The average molecular weight is 261 g/mol. The van der Waals surface area contributed by atoms with Crippen LogP contribution in [-0.4, -0.2) is 37.0 Å². The first-order valence-corrected chi connectivity index (χ1v) is 6.53. The number of hydrogen-bond acceptors (Lipinski definition) is 2. The zero-order valence-electron chi connectivity index (χ0n) is 11.1. The zero-order chi connectivity index (χ0) is 13.7. The minimum absolute atomic E-state index is 0.0113. The maximum Gasteiger partial charge on any atom is 0.321 e. The molecule has 1 atom stereocenters. The molecule has 1 saturated heterocycles. The van der Waals surface area contributed by atoms with Gasteiger partial charge < -0.3 is 15.5 Å². The number of nitrogens with one attached hydrogen (secondary N) is 2. The van der Waals surface area contributed by atoms with Crippen molar-refractivity contribution in [2.24, 2.45) is 5.92 Å². The summed E-state index contributed by atoms with van der Waals surface area (Å²) in [6.07, 6.45) is 1.70. The SMILES string of the molecule is CNC(=O)C1CCCN(C(=O)Nc2ccccc2)C1. The van der Waals surface area contributed by atoms with Gasteiger partial charge in [0.25, 0.3) is 0 Å². The summed E-state index contributed by atoms with van der Waals surface area (Å²) in [7, 11) is 1.63. The maximum atomic E-state index is 12.1. The molecular formula is C14H19N3O2. The van der Waals surface area contributed by atoms with E-state index >= 15 is 0 Å². The molecule has 1 aliphatic heterocycles. The van der Waals surface area contributed by atoms with Crippen LogP contribution in [0.15, 0.2) is 30.3 Å². The predicted molar refractivity (Wildman–Crippen MR) is 73.8 cm³/mol. The first-order chi connectivity index (χ1) is 9.20. The van der Waals surface area contributed by atoms with E-state index in [0.717, 1.165) is 18.5 Å². The van der Waals surface area contributed by atoms with Crippen molar-refractivity contribution in [1.29, 1.82) is 0 Å². The van der Waals surface area contributed by atoms with Gasteiger partial charge in [0.2, 0.25) is 5.91 Å². The number of nitrogens with zero attached hydrogens (tertiary/aromatic N) is 1. The lowest BCUT2D eigenvalue weighted by Crippen LogP contribution is -2.46. The van der Waals surface area contributed by atoms with Gasteiger partial charge in [0.05, 0.1) is 5.92 Å². The van der Waals surface area contributed by atoms with E-state index in [1.807, 2.05) is 30.3 Å². The first-order valence-electron chi connectivity index (χ1n) is 6.53. The normalized spacial score (nSPS) is 18.8. The highest BCUT2D eigenvalue weighted by atomic mass is 16.2. The molecule has 0 bridgehead atoms. The Hall–Kier alpha value is -2.04.